The molecule has 3 atom stereocenters. The fraction of sp³-hybridized carbons (Fsp3) is 0.500. The highest BCUT2D eigenvalue weighted by Crippen LogP contribution is 2.42. The molecule has 4 amide bonds. The zero-order valence-corrected chi connectivity index (χ0v) is 19.7. The molecule has 0 spiro atoms. The number of thiazole rings is 1. The van der Waals surface area contributed by atoms with Gasteiger partial charge in [0.2, 0.25) is 12.3 Å². The van der Waals surface area contributed by atoms with Crippen molar-refractivity contribution in [3.8, 4) is 0 Å². The summed E-state index contributed by atoms with van der Waals surface area (Å²) in [5, 5.41) is 19.7. The molecule has 0 aromatic carbocycles. The highest BCUT2D eigenvalue weighted by atomic mass is 32.2. The van der Waals surface area contributed by atoms with Crippen molar-refractivity contribution in [3.63, 3.8) is 0 Å². The molecule has 34 heavy (non-hydrogen) atoms. The number of carbonyl (C=O) groups excluding carboxylic acids is 4. The molecule has 2 fully saturated rings. The Kier molecular flexibility index (Phi) is 7.61. The first-order valence-electron chi connectivity index (χ1n) is 9.86. The zero-order valence-electron chi connectivity index (χ0n) is 18.0. The van der Waals surface area contributed by atoms with Crippen LogP contribution in [-0.2, 0) is 28.8 Å². The summed E-state index contributed by atoms with van der Waals surface area (Å²) in [4.78, 5) is 69.7. The number of aromatic nitrogens is 1. The van der Waals surface area contributed by atoms with Gasteiger partial charge in [0, 0.05) is 17.7 Å². The third kappa shape index (κ3) is 5.22. The summed E-state index contributed by atoms with van der Waals surface area (Å²) < 4.78 is 4.70. The van der Waals surface area contributed by atoms with Crippen molar-refractivity contribution in [2.75, 3.05) is 24.2 Å². The first-order valence-corrected chi connectivity index (χ1v) is 11.8. The monoisotopic (exact) mass is 514 g/mol. The van der Waals surface area contributed by atoms with E-state index < -0.39 is 47.3 Å². The maximum atomic E-state index is 13.0. The second kappa shape index (κ2) is 10.3. The van der Waals surface area contributed by atoms with Gasteiger partial charge >= 0.3 is 12.1 Å². The summed E-state index contributed by atoms with van der Waals surface area (Å²) in [5.41, 5.74) is 3.39. The molecule has 3 heterocycles. The summed E-state index contributed by atoms with van der Waals surface area (Å²) in [6.45, 7) is 2.73. The molecule has 1 aromatic heterocycles. The minimum Gasteiger partial charge on any atom is -0.481 e. The van der Waals surface area contributed by atoms with Crippen LogP contribution in [0.25, 0.3) is 0 Å². The number of carboxylic acids is 1. The molecule has 2 saturated heterocycles. The standard InChI is InChI=1S/C18H22N6O8S2/c1-8(2)32-23-10(9-3-33-17(21-9)20-7-25)12(26)22-11-13(27)24-4-18(15(28)29,5-31-16(19)30)6-34-14(11)24/h3,7-8,11,14H,4-6H2,1-2H3,(H2,19,30)(H,22,26)(H,28,29)(H,20,21,25)/t11?,14-,18?/m1/s1. The minimum absolute atomic E-state index is 0.0284. The third-order valence-corrected chi connectivity index (χ3v) is 7.24. The first kappa shape index (κ1) is 25.2. The summed E-state index contributed by atoms with van der Waals surface area (Å²) in [7, 11) is 0. The van der Waals surface area contributed by atoms with Crippen molar-refractivity contribution in [3.05, 3.63) is 11.1 Å². The highest BCUT2D eigenvalue weighted by Gasteiger charge is 2.58. The molecule has 0 bridgehead atoms. The maximum Gasteiger partial charge on any atom is 0.404 e. The minimum atomic E-state index is -1.51. The number of amides is 4. The van der Waals surface area contributed by atoms with Crippen molar-refractivity contribution in [2.45, 2.75) is 31.4 Å². The van der Waals surface area contributed by atoms with Crippen LogP contribution in [0.4, 0.5) is 9.93 Å². The van der Waals surface area contributed by atoms with E-state index in [9.17, 15) is 29.1 Å². The van der Waals surface area contributed by atoms with Crippen molar-refractivity contribution in [2.24, 2.45) is 16.3 Å². The number of nitrogens with zero attached hydrogens (tertiary/aromatic N) is 3. The molecule has 5 N–H and O–H groups in total. The number of rotatable bonds is 10. The van der Waals surface area contributed by atoms with Crippen LogP contribution >= 0.6 is 23.1 Å². The van der Waals surface area contributed by atoms with Gasteiger partial charge in [-0.1, -0.05) is 5.16 Å². The normalized spacial score (nSPS) is 24.0. The fourth-order valence-electron chi connectivity index (χ4n) is 3.19. The van der Waals surface area contributed by atoms with E-state index in [1.807, 2.05) is 0 Å². The summed E-state index contributed by atoms with van der Waals surface area (Å²) in [6.07, 6.45) is -1.01. The van der Waals surface area contributed by atoms with Crippen molar-refractivity contribution in [1.29, 1.82) is 0 Å². The molecule has 0 radical (unpaired) electrons. The van der Waals surface area contributed by atoms with Gasteiger partial charge < -0.3 is 35.9 Å². The van der Waals surface area contributed by atoms with Gasteiger partial charge in [0.25, 0.3) is 5.91 Å². The van der Waals surface area contributed by atoms with E-state index in [0.717, 1.165) is 23.1 Å². The number of nitrogens with two attached hydrogens (primary N) is 1. The molecule has 16 heteroatoms. The van der Waals surface area contributed by atoms with E-state index in [0.29, 0.717) is 6.41 Å². The number of primary amides is 1. The number of hydrogen-bond donors (Lipinski definition) is 4. The fourth-order valence-corrected chi connectivity index (χ4v) is 5.36. The van der Waals surface area contributed by atoms with E-state index >= 15 is 0 Å². The summed E-state index contributed by atoms with van der Waals surface area (Å²) in [5.74, 6) is -2.43. The Bertz CT molecular complexity index is 1030. The average Bonchev–Trinajstić information content (AvgIpc) is 3.24. The van der Waals surface area contributed by atoms with Crippen LogP contribution in [0.1, 0.15) is 19.5 Å². The Morgan fingerprint density at radius 1 is 1.47 bits per heavy atom. The van der Waals surface area contributed by atoms with Gasteiger partial charge in [0.05, 0.1) is 0 Å². The average molecular weight is 515 g/mol. The predicted octanol–water partition coefficient (Wildman–Crippen LogP) is -0.593. The van der Waals surface area contributed by atoms with E-state index in [-0.39, 0.29) is 34.9 Å². The lowest BCUT2D eigenvalue weighted by molar-refractivity contribution is -0.160. The number of hydrogen-bond acceptors (Lipinski definition) is 11. The topological polar surface area (TPSA) is 203 Å². The molecule has 2 aliphatic rings. The Hall–Kier alpha value is -3.40. The van der Waals surface area contributed by atoms with Crippen LogP contribution in [0, 0.1) is 5.41 Å². The number of nitrogens with one attached hydrogen (secondary N) is 2. The quantitative estimate of drug-likeness (QED) is 0.135. The van der Waals surface area contributed by atoms with Gasteiger partial charge in [0.15, 0.2) is 10.8 Å². The number of oxime groups is 1. The lowest BCUT2D eigenvalue weighted by Gasteiger charge is -2.53. The van der Waals surface area contributed by atoms with Crippen LogP contribution in [0.3, 0.4) is 0 Å². The van der Waals surface area contributed by atoms with Crippen LogP contribution in [-0.4, -0.2) is 87.4 Å². The van der Waals surface area contributed by atoms with Gasteiger partial charge in [-0.2, -0.15) is 0 Å². The van der Waals surface area contributed by atoms with Gasteiger partial charge in [-0.05, 0) is 13.8 Å². The lowest BCUT2D eigenvalue weighted by atomic mass is 9.88. The van der Waals surface area contributed by atoms with Crippen molar-refractivity contribution in [1.82, 2.24) is 15.2 Å². The molecule has 1 aromatic rings. The molecule has 3 rings (SSSR count). The Balaban J connectivity index is 1.72. The van der Waals surface area contributed by atoms with E-state index in [2.05, 4.69) is 20.8 Å². The van der Waals surface area contributed by atoms with E-state index in [1.54, 1.807) is 13.8 Å². The van der Waals surface area contributed by atoms with Crippen LogP contribution < -0.4 is 16.4 Å². The summed E-state index contributed by atoms with van der Waals surface area (Å²) in [6, 6.07) is -0.934. The molecule has 0 aliphatic carbocycles. The maximum absolute atomic E-state index is 13.0. The molecule has 2 unspecified atom stereocenters. The largest absolute Gasteiger partial charge is 0.481 e. The molecule has 0 saturated carbocycles. The smallest absolute Gasteiger partial charge is 0.404 e. The second-order valence-electron chi connectivity index (χ2n) is 7.71. The van der Waals surface area contributed by atoms with Crippen LogP contribution in [0.5, 0.6) is 0 Å². The SMILES string of the molecule is CC(C)ON=C(C(=O)NC1C(=O)N2CC(COC(N)=O)(C(=O)O)CS[C@H]12)c1csc(NC=O)n1. The number of ether oxygens (including phenoxy) is 1. The second-order valence-corrected chi connectivity index (χ2v) is 9.67. The number of carboxylic acid groups (broad SMARTS) is 1. The number of thioether (sulfide) groups is 1. The van der Waals surface area contributed by atoms with Gasteiger partial charge in [-0.25, -0.2) is 9.78 Å². The number of β-lactam (4-membered cyclic amide) rings is 1. The number of aliphatic carboxylic acids is 1. The van der Waals surface area contributed by atoms with Gasteiger partial charge in [-0.3, -0.25) is 19.2 Å². The lowest BCUT2D eigenvalue weighted by Crippen LogP contribution is -2.74. The van der Waals surface area contributed by atoms with Crippen LogP contribution in [0.15, 0.2) is 10.5 Å². The Morgan fingerprint density at radius 2 is 2.21 bits per heavy atom. The molecular weight excluding hydrogens is 492 g/mol. The molecule has 184 valence electrons. The number of fused-ring (bicyclic) bond motifs is 1. The zero-order chi connectivity index (χ0) is 25.0. The summed E-state index contributed by atoms with van der Waals surface area (Å²) >= 11 is 2.21. The van der Waals surface area contributed by atoms with E-state index in [4.69, 9.17) is 15.3 Å². The third-order valence-electron chi connectivity index (χ3n) is 4.87. The molecular formula is C18H22N6O8S2. The number of anilines is 1. The van der Waals surface area contributed by atoms with Crippen molar-refractivity contribution < 1.29 is 38.7 Å². The van der Waals surface area contributed by atoms with E-state index in [1.165, 1.54) is 10.3 Å². The highest BCUT2D eigenvalue weighted by molar-refractivity contribution is 8.00. The van der Waals surface area contributed by atoms with Crippen molar-refractivity contribution >= 4 is 64.2 Å². The Labute approximate surface area is 201 Å². The van der Waals surface area contributed by atoms with Crippen LogP contribution in [0.2, 0.25) is 0 Å². The molecule has 2 aliphatic heterocycles. The predicted molar refractivity (Wildman–Crippen MR) is 120 cm³/mol. The molecule has 14 nitrogen and oxygen atoms in total. The first-order chi connectivity index (χ1) is 16.1. The van der Waals surface area contributed by atoms with Gasteiger partial charge in [0.1, 0.15) is 35.2 Å². The Morgan fingerprint density at radius 3 is 2.82 bits per heavy atom. The number of carbonyl (C=O) groups is 5. The van der Waals surface area contributed by atoms with Gasteiger partial charge in [-0.15, -0.1) is 23.1 Å².